The Morgan fingerprint density at radius 1 is 1.00 bits per heavy atom. The van der Waals surface area contributed by atoms with E-state index in [9.17, 15) is 31.1 Å². The van der Waals surface area contributed by atoms with E-state index >= 15 is 0 Å². The maximum atomic E-state index is 14.6. The van der Waals surface area contributed by atoms with Crippen molar-refractivity contribution in [3.63, 3.8) is 0 Å². The van der Waals surface area contributed by atoms with Crippen LogP contribution in [0, 0.1) is 5.92 Å². The van der Waals surface area contributed by atoms with Gasteiger partial charge in [-0.3, -0.25) is 0 Å². The normalized spacial score (nSPS) is 17.5. The Morgan fingerprint density at radius 2 is 1.61 bits per heavy atom. The van der Waals surface area contributed by atoms with Crippen LogP contribution in [0.3, 0.4) is 0 Å². The van der Waals surface area contributed by atoms with Crippen LogP contribution in [0.4, 0.5) is 17.6 Å². The minimum absolute atomic E-state index is 0.00815. The van der Waals surface area contributed by atoms with E-state index in [2.05, 4.69) is 0 Å². The van der Waals surface area contributed by atoms with Crippen LogP contribution < -0.4 is 0 Å². The number of ether oxygens (including phenoxy) is 1. The quantitative estimate of drug-likeness (QED) is 0.209. The fraction of sp³-hybridized carbons (Fsp3) is 0.273. The van der Waals surface area contributed by atoms with Gasteiger partial charge in [-0.15, -0.1) is 0 Å². The summed E-state index contributed by atoms with van der Waals surface area (Å²) in [5.74, 6) is -1.38. The van der Waals surface area contributed by atoms with Gasteiger partial charge in [-0.2, -0.15) is 13.2 Å². The first-order valence-electron chi connectivity index (χ1n) is 13.7. The number of allylic oxidation sites excluding steroid dienone is 2. The summed E-state index contributed by atoms with van der Waals surface area (Å²) < 4.78 is 85.4. The zero-order chi connectivity index (χ0) is 31.9. The van der Waals surface area contributed by atoms with Crippen molar-refractivity contribution in [1.82, 2.24) is 4.90 Å². The van der Waals surface area contributed by atoms with Crippen LogP contribution in [0.2, 0.25) is 5.02 Å². The molecule has 0 heterocycles. The minimum atomic E-state index is -4.62. The molecule has 3 aromatic rings. The van der Waals surface area contributed by atoms with Crippen LogP contribution >= 0.6 is 11.6 Å². The maximum Gasteiger partial charge on any atom is 0.417 e. The Balaban J connectivity index is 1.62. The SMILES string of the molecule is CS(=O)(=O)C1=CC(OC/C=C/N(Cc2cccc(C(F)(F)F)c2Cl)CC(c2ccccc2)c2ccccc2)=CC(F)C1CO. The Labute approximate surface area is 259 Å². The van der Waals surface area contributed by atoms with E-state index < -0.39 is 40.3 Å². The van der Waals surface area contributed by atoms with E-state index in [0.29, 0.717) is 6.54 Å². The van der Waals surface area contributed by atoms with Gasteiger partial charge in [0.15, 0.2) is 9.84 Å². The predicted octanol–water partition coefficient (Wildman–Crippen LogP) is 7.30. The van der Waals surface area contributed by atoms with E-state index in [1.54, 1.807) is 12.3 Å². The van der Waals surface area contributed by atoms with E-state index in [1.165, 1.54) is 18.2 Å². The van der Waals surface area contributed by atoms with Gasteiger partial charge < -0.3 is 14.7 Å². The number of hydrogen-bond donors (Lipinski definition) is 1. The molecule has 0 saturated heterocycles. The van der Waals surface area contributed by atoms with Crippen molar-refractivity contribution >= 4 is 21.4 Å². The topological polar surface area (TPSA) is 66.8 Å². The molecule has 0 saturated carbocycles. The summed E-state index contributed by atoms with van der Waals surface area (Å²) in [7, 11) is -3.79. The molecule has 0 radical (unpaired) electrons. The smallest absolute Gasteiger partial charge is 0.417 e. The lowest BCUT2D eigenvalue weighted by Gasteiger charge is -2.28. The lowest BCUT2D eigenvalue weighted by atomic mass is 9.90. The van der Waals surface area contributed by atoms with Crippen LogP contribution in [0.15, 0.2) is 114 Å². The highest BCUT2D eigenvalue weighted by Crippen LogP contribution is 2.37. The third-order valence-corrected chi connectivity index (χ3v) is 8.95. The highest BCUT2D eigenvalue weighted by molar-refractivity contribution is 7.94. The highest BCUT2D eigenvalue weighted by atomic mass is 35.5. The molecule has 0 aromatic heterocycles. The number of rotatable bonds is 12. The van der Waals surface area contributed by atoms with Gasteiger partial charge in [-0.1, -0.05) is 84.4 Å². The Bertz CT molecular complexity index is 1570. The predicted molar refractivity (Wildman–Crippen MR) is 163 cm³/mol. The lowest BCUT2D eigenvalue weighted by molar-refractivity contribution is -0.137. The molecule has 0 fully saturated rings. The van der Waals surface area contributed by atoms with E-state index in [1.807, 2.05) is 65.6 Å². The lowest BCUT2D eigenvalue weighted by Crippen LogP contribution is -2.28. The molecule has 0 amide bonds. The molecular formula is C33H32ClF4NO4S. The number of nitrogens with zero attached hydrogens (tertiary/aromatic N) is 1. The molecule has 44 heavy (non-hydrogen) atoms. The zero-order valence-corrected chi connectivity index (χ0v) is 25.4. The highest BCUT2D eigenvalue weighted by Gasteiger charge is 2.34. The van der Waals surface area contributed by atoms with Crippen LogP contribution in [0.5, 0.6) is 0 Å². The van der Waals surface area contributed by atoms with Crippen LogP contribution in [0.25, 0.3) is 0 Å². The number of alkyl halides is 4. The van der Waals surface area contributed by atoms with Gasteiger partial charge in [0.05, 0.1) is 28.0 Å². The second kappa shape index (κ2) is 14.5. The Hall–Kier alpha value is -3.60. The molecule has 3 aromatic carbocycles. The molecule has 11 heteroatoms. The second-order valence-corrected chi connectivity index (χ2v) is 12.8. The van der Waals surface area contributed by atoms with Crippen molar-refractivity contribution in [2.24, 2.45) is 5.92 Å². The van der Waals surface area contributed by atoms with Gasteiger partial charge >= 0.3 is 6.18 Å². The maximum absolute atomic E-state index is 14.6. The first-order chi connectivity index (χ1) is 20.9. The first kappa shape index (κ1) is 33.3. The minimum Gasteiger partial charge on any atom is -0.490 e. The summed E-state index contributed by atoms with van der Waals surface area (Å²) in [6.07, 6.45) is 0.131. The Kier molecular flexibility index (Phi) is 10.9. The molecule has 5 nitrogen and oxygen atoms in total. The summed E-state index contributed by atoms with van der Waals surface area (Å²) >= 11 is 6.25. The van der Waals surface area contributed by atoms with Crippen molar-refractivity contribution in [3.05, 3.63) is 141 Å². The van der Waals surface area contributed by atoms with Gasteiger partial charge in [0.1, 0.15) is 18.5 Å². The van der Waals surface area contributed by atoms with E-state index in [4.69, 9.17) is 16.3 Å². The number of halogens is 5. The molecule has 1 N–H and O–H groups in total. The number of sulfone groups is 1. The van der Waals surface area contributed by atoms with Crippen molar-refractivity contribution < 1.29 is 35.8 Å². The average Bonchev–Trinajstić information content (AvgIpc) is 2.98. The van der Waals surface area contributed by atoms with Crippen LogP contribution in [0.1, 0.15) is 28.2 Å². The van der Waals surface area contributed by atoms with E-state index in [-0.39, 0.29) is 40.3 Å². The molecule has 0 bridgehead atoms. The monoisotopic (exact) mass is 649 g/mol. The standard InChI is InChI=1S/C33H32ClF4NO4S/c1-44(41,42)31-19-26(18-30(35)28(31)22-40)43-17-9-16-39(20-25-14-8-15-29(32(25)34)33(36,37)38)21-27(23-10-4-2-5-11-23)24-12-6-3-7-13-24/h2-16,18-19,27-28,30,40H,17,20-22H2,1H3/b16-9+. The van der Waals surface area contributed by atoms with Crippen molar-refractivity contribution in [2.75, 3.05) is 26.0 Å². The zero-order valence-electron chi connectivity index (χ0n) is 23.8. The number of aliphatic hydroxyl groups excluding tert-OH is 1. The summed E-state index contributed by atoms with van der Waals surface area (Å²) in [6, 6.07) is 23.2. The molecule has 1 aliphatic carbocycles. The van der Waals surface area contributed by atoms with Crippen molar-refractivity contribution in [2.45, 2.75) is 24.8 Å². The Morgan fingerprint density at radius 3 is 2.16 bits per heavy atom. The first-order valence-corrected chi connectivity index (χ1v) is 16.0. The molecule has 2 unspecified atom stereocenters. The van der Waals surface area contributed by atoms with Gasteiger partial charge in [0, 0.05) is 25.3 Å². The third kappa shape index (κ3) is 8.52. The number of benzene rings is 3. The molecule has 0 aliphatic heterocycles. The number of aliphatic hydroxyl groups is 1. The summed E-state index contributed by atoms with van der Waals surface area (Å²) in [5.41, 5.74) is 1.35. The summed E-state index contributed by atoms with van der Waals surface area (Å²) in [6.45, 7) is -0.367. The molecule has 234 valence electrons. The summed E-state index contributed by atoms with van der Waals surface area (Å²) in [4.78, 5) is 1.56. The second-order valence-electron chi connectivity index (χ2n) is 10.4. The van der Waals surface area contributed by atoms with Crippen molar-refractivity contribution in [1.29, 1.82) is 0 Å². The fourth-order valence-corrected chi connectivity index (χ4v) is 6.43. The average molecular weight is 650 g/mol. The molecular weight excluding hydrogens is 618 g/mol. The van der Waals surface area contributed by atoms with Gasteiger partial charge in [0.2, 0.25) is 0 Å². The number of hydrogen-bond acceptors (Lipinski definition) is 5. The molecule has 1 aliphatic rings. The van der Waals surface area contributed by atoms with E-state index in [0.717, 1.165) is 29.5 Å². The third-order valence-electron chi connectivity index (χ3n) is 7.22. The largest absolute Gasteiger partial charge is 0.490 e. The summed E-state index contributed by atoms with van der Waals surface area (Å²) in [5, 5.41) is 9.11. The fourth-order valence-electron chi connectivity index (χ4n) is 5.05. The van der Waals surface area contributed by atoms with Crippen LogP contribution in [-0.2, 0) is 27.3 Å². The molecule has 2 atom stereocenters. The van der Waals surface area contributed by atoms with Gasteiger partial charge in [-0.25, -0.2) is 12.8 Å². The van der Waals surface area contributed by atoms with Gasteiger partial charge in [0.25, 0.3) is 0 Å². The molecule has 0 spiro atoms. The van der Waals surface area contributed by atoms with Gasteiger partial charge in [-0.05, 0) is 47.2 Å². The van der Waals surface area contributed by atoms with Crippen LogP contribution in [-0.4, -0.2) is 50.6 Å². The molecule has 4 rings (SSSR count). The van der Waals surface area contributed by atoms with Crippen molar-refractivity contribution in [3.8, 4) is 0 Å².